The van der Waals surface area contributed by atoms with Crippen LogP contribution in [0.2, 0.25) is 0 Å². The lowest BCUT2D eigenvalue weighted by molar-refractivity contribution is -0.116. The van der Waals surface area contributed by atoms with Crippen LogP contribution < -0.4 is 5.32 Å². The minimum atomic E-state index is 0.295. The summed E-state index contributed by atoms with van der Waals surface area (Å²) < 4.78 is 5.74. The minimum Gasteiger partial charge on any atom is -0.378 e. The number of hydrogen-bond acceptors (Lipinski definition) is 3. The van der Waals surface area contributed by atoms with Gasteiger partial charge in [-0.25, -0.2) is 0 Å². The molecule has 0 aromatic carbocycles. The molecular formula is C13H27NOS. The molecule has 3 unspecified atom stereocenters. The highest BCUT2D eigenvalue weighted by Crippen LogP contribution is 2.42. The van der Waals surface area contributed by atoms with Gasteiger partial charge in [-0.15, -0.1) is 0 Å². The standard InChI is InChI=1S/C13H27NOS/c1-6-15-12-9-11(13(12,3)4)14-10(2)7-8-16-5/h10-12,14H,6-9H2,1-5H3. The van der Waals surface area contributed by atoms with Crippen molar-refractivity contribution in [1.82, 2.24) is 5.32 Å². The molecule has 0 amide bonds. The lowest BCUT2D eigenvalue weighted by Gasteiger charge is -2.52. The fourth-order valence-electron chi connectivity index (χ4n) is 2.37. The van der Waals surface area contributed by atoms with E-state index in [0.717, 1.165) is 6.61 Å². The molecule has 0 heterocycles. The van der Waals surface area contributed by atoms with Crippen LogP contribution in [0.1, 0.15) is 40.5 Å². The molecule has 0 saturated heterocycles. The second-order valence-corrected chi connectivity index (χ2v) is 6.39. The predicted molar refractivity (Wildman–Crippen MR) is 73.2 cm³/mol. The molecule has 1 fully saturated rings. The molecular weight excluding hydrogens is 218 g/mol. The fraction of sp³-hybridized carbons (Fsp3) is 1.00. The van der Waals surface area contributed by atoms with Crippen molar-refractivity contribution in [3.05, 3.63) is 0 Å². The van der Waals surface area contributed by atoms with Gasteiger partial charge in [-0.1, -0.05) is 13.8 Å². The lowest BCUT2D eigenvalue weighted by atomic mass is 9.64. The predicted octanol–water partition coefficient (Wildman–Crippen LogP) is 2.92. The monoisotopic (exact) mass is 245 g/mol. The van der Waals surface area contributed by atoms with Crippen molar-refractivity contribution in [3.8, 4) is 0 Å². The second-order valence-electron chi connectivity index (χ2n) is 5.40. The Balaban J connectivity index is 2.29. The quantitative estimate of drug-likeness (QED) is 0.745. The largest absolute Gasteiger partial charge is 0.378 e. The summed E-state index contributed by atoms with van der Waals surface area (Å²) in [5, 5.41) is 3.74. The first-order chi connectivity index (χ1) is 7.52. The van der Waals surface area contributed by atoms with Crippen LogP contribution in [0.5, 0.6) is 0 Å². The first-order valence-electron chi connectivity index (χ1n) is 6.39. The van der Waals surface area contributed by atoms with Gasteiger partial charge < -0.3 is 10.1 Å². The molecule has 2 nitrogen and oxygen atoms in total. The Hall–Kier alpha value is 0.270. The van der Waals surface area contributed by atoms with E-state index in [1.807, 2.05) is 11.8 Å². The normalized spacial score (nSPS) is 29.8. The minimum absolute atomic E-state index is 0.295. The van der Waals surface area contributed by atoms with Crippen LogP contribution in [0, 0.1) is 5.41 Å². The fourth-order valence-corrected chi connectivity index (χ4v) is 2.96. The van der Waals surface area contributed by atoms with Crippen molar-refractivity contribution in [2.75, 3.05) is 18.6 Å². The molecule has 16 heavy (non-hydrogen) atoms. The smallest absolute Gasteiger partial charge is 0.0655 e. The summed E-state index contributed by atoms with van der Waals surface area (Å²) >= 11 is 1.93. The Morgan fingerprint density at radius 2 is 2.19 bits per heavy atom. The van der Waals surface area contributed by atoms with Gasteiger partial charge in [-0.3, -0.25) is 0 Å². The van der Waals surface area contributed by atoms with Crippen LogP contribution in [0.3, 0.4) is 0 Å². The molecule has 3 atom stereocenters. The molecule has 1 aliphatic carbocycles. The zero-order chi connectivity index (χ0) is 12.2. The molecule has 1 aliphatic rings. The molecule has 0 aliphatic heterocycles. The van der Waals surface area contributed by atoms with Gasteiger partial charge in [-0.2, -0.15) is 11.8 Å². The average Bonchev–Trinajstić information content (AvgIpc) is 2.25. The third kappa shape index (κ3) is 3.38. The Kier molecular flexibility index (Phi) is 5.62. The molecule has 0 radical (unpaired) electrons. The van der Waals surface area contributed by atoms with Gasteiger partial charge in [0.25, 0.3) is 0 Å². The van der Waals surface area contributed by atoms with Crippen molar-refractivity contribution in [1.29, 1.82) is 0 Å². The maximum Gasteiger partial charge on any atom is 0.0655 e. The summed E-state index contributed by atoms with van der Waals surface area (Å²) in [6.07, 6.45) is 5.05. The van der Waals surface area contributed by atoms with Crippen LogP contribution in [0.4, 0.5) is 0 Å². The van der Waals surface area contributed by atoms with E-state index >= 15 is 0 Å². The Morgan fingerprint density at radius 3 is 2.69 bits per heavy atom. The first-order valence-corrected chi connectivity index (χ1v) is 7.78. The third-order valence-electron chi connectivity index (χ3n) is 3.79. The molecule has 0 spiro atoms. The van der Waals surface area contributed by atoms with Gasteiger partial charge in [0.15, 0.2) is 0 Å². The zero-order valence-corrected chi connectivity index (χ0v) is 12.2. The van der Waals surface area contributed by atoms with E-state index in [2.05, 4.69) is 39.3 Å². The highest BCUT2D eigenvalue weighted by Gasteiger charge is 2.48. The van der Waals surface area contributed by atoms with E-state index in [0.29, 0.717) is 23.6 Å². The molecule has 1 rings (SSSR count). The molecule has 1 saturated carbocycles. The van der Waals surface area contributed by atoms with Gasteiger partial charge in [0.1, 0.15) is 0 Å². The molecule has 0 bridgehead atoms. The SMILES string of the molecule is CCOC1CC(NC(C)CCSC)C1(C)C. The molecule has 1 N–H and O–H groups in total. The zero-order valence-electron chi connectivity index (χ0n) is 11.4. The van der Waals surface area contributed by atoms with Crippen LogP contribution in [-0.4, -0.2) is 36.8 Å². The van der Waals surface area contributed by atoms with Crippen LogP contribution >= 0.6 is 11.8 Å². The number of rotatable bonds is 7. The average molecular weight is 245 g/mol. The summed E-state index contributed by atoms with van der Waals surface area (Å²) in [5.41, 5.74) is 0.295. The van der Waals surface area contributed by atoms with E-state index in [1.165, 1.54) is 18.6 Å². The lowest BCUT2D eigenvalue weighted by Crippen LogP contribution is -2.62. The summed E-state index contributed by atoms with van der Waals surface area (Å²) in [6.45, 7) is 9.84. The van der Waals surface area contributed by atoms with Gasteiger partial charge in [0.05, 0.1) is 6.10 Å². The molecule has 96 valence electrons. The summed E-state index contributed by atoms with van der Waals surface area (Å²) in [5.74, 6) is 1.25. The van der Waals surface area contributed by atoms with Crippen molar-refractivity contribution < 1.29 is 4.74 Å². The summed E-state index contributed by atoms with van der Waals surface area (Å²) in [4.78, 5) is 0. The molecule has 0 aromatic heterocycles. The van der Waals surface area contributed by atoms with E-state index in [-0.39, 0.29) is 0 Å². The van der Waals surface area contributed by atoms with E-state index < -0.39 is 0 Å². The van der Waals surface area contributed by atoms with Crippen molar-refractivity contribution in [3.63, 3.8) is 0 Å². The van der Waals surface area contributed by atoms with Crippen LogP contribution in [-0.2, 0) is 4.74 Å². The number of thioether (sulfide) groups is 1. The number of ether oxygens (including phenoxy) is 1. The van der Waals surface area contributed by atoms with Gasteiger partial charge >= 0.3 is 0 Å². The van der Waals surface area contributed by atoms with Crippen LogP contribution in [0.25, 0.3) is 0 Å². The summed E-state index contributed by atoms with van der Waals surface area (Å²) in [7, 11) is 0. The Labute approximate surface area is 105 Å². The van der Waals surface area contributed by atoms with Gasteiger partial charge in [0, 0.05) is 24.1 Å². The van der Waals surface area contributed by atoms with E-state index in [4.69, 9.17) is 4.74 Å². The maximum absolute atomic E-state index is 5.74. The Morgan fingerprint density at radius 1 is 1.50 bits per heavy atom. The second kappa shape index (κ2) is 6.27. The van der Waals surface area contributed by atoms with Gasteiger partial charge in [-0.05, 0) is 38.7 Å². The number of hydrogen-bond donors (Lipinski definition) is 1. The highest BCUT2D eigenvalue weighted by molar-refractivity contribution is 7.98. The molecule has 0 aromatic rings. The first kappa shape index (κ1) is 14.3. The topological polar surface area (TPSA) is 21.3 Å². The van der Waals surface area contributed by atoms with Crippen molar-refractivity contribution in [2.24, 2.45) is 5.41 Å². The van der Waals surface area contributed by atoms with Crippen molar-refractivity contribution >= 4 is 11.8 Å². The van der Waals surface area contributed by atoms with Crippen LogP contribution in [0.15, 0.2) is 0 Å². The number of nitrogens with one attached hydrogen (secondary N) is 1. The Bertz CT molecular complexity index is 208. The van der Waals surface area contributed by atoms with Gasteiger partial charge in [0.2, 0.25) is 0 Å². The van der Waals surface area contributed by atoms with Crippen molar-refractivity contribution in [2.45, 2.75) is 58.7 Å². The van der Waals surface area contributed by atoms with E-state index in [9.17, 15) is 0 Å². The highest BCUT2D eigenvalue weighted by atomic mass is 32.2. The summed E-state index contributed by atoms with van der Waals surface area (Å²) in [6, 6.07) is 1.25. The maximum atomic E-state index is 5.74. The molecule has 3 heteroatoms. The third-order valence-corrected chi connectivity index (χ3v) is 4.43. The van der Waals surface area contributed by atoms with E-state index in [1.54, 1.807) is 0 Å².